The van der Waals surface area contributed by atoms with Gasteiger partial charge in [-0.3, -0.25) is 0 Å². The highest BCUT2D eigenvalue weighted by Gasteiger charge is 1.95. The van der Waals surface area contributed by atoms with Crippen LogP contribution in [0.3, 0.4) is 0 Å². The van der Waals surface area contributed by atoms with E-state index in [2.05, 4.69) is 12.2 Å². The maximum Gasteiger partial charge on any atom is 0.0431 e. The van der Waals surface area contributed by atoms with Gasteiger partial charge in [-0.2, -0.15) is 0 Å². The minimum absolute atomic E-state index is 0.368. The summed E-state index contributed by atoms with van der Waals surface area (Å²) in [7, 11) is 0. The minimum atomic E-state index is 0.368. The van der Waals surface area contributed by atoms with Crippen molar-refractivity contribution in [1.29, 1.82) is 0 Å². The summed E-state index contributed by atoms with van der Waals surface area (Å²) in [6, 6.07) is 0. The lowest BCUT2D eigenvalue weighted by Crippen LogP contribution is -2.16. The molecule has 158 valence electrons. The third-order valence-electron chi connectivity index (χ3n) is 5.47. The maximum absolute atomic E-state index is 8.73. The molecule has 26 heavy (non-hydrogen) atoms. The molecule has 0 bridgehead atoms. The Morgan fingerprint density at radius 1 is 0.423 bits per heavy atom. The van der Waals surface area contributed by atoms with Crippen LogP contribution in [0.25, 0.3) is 0 Å². The molecule has 0 aromatic heterocycles. The monoisotopic (exact) mass is 369 g/mol. The first-order chi connectivity index (χ1) is 12.9. The highest BCUT2D eigenvalue weighted by atomic mass is 16.2. The fourth-order valence-corrected chi connectivity index (χ4v) is 3.64. The summed E-state index contributed by atoms with van der Waals surface area (Å²) in [5, 5.41) is 12.3. The molecular formula is C24H51NO. The summed E-state index contributed by atoms with van der Waals surface area (Å²) >= 11 is 0. The molecule has 0 aliphatic heterocycles. The summed E-state index contributed by atoms with van der Waals surface area (Å²) < 4.78 is 0. The van der Waals surface area contributed by atoms with E-state index in [9.17, 15) is 0 Å². The van der Waals surface area contributed by atoms with Crippen molar-refractivity contribution in [3.05, 3.63) is 0 Å². The van der Waals surface area contributed by atoms with E-state index in [-0.39, 0.29) is 0 Å². The maximum atomic E-state index is 8.73. The molecule has 0 heterocycles. The third kappa shape index (κ3) is 23.9. The van der Waals surface area contributed by atoms with Gasteiger partial charge in [0.1, 0.15) is 0 Å². The molecule has 0 atom stereocenters. The van der Waals surface area contributed by atoms with Crippen LogP contribution in [0.2, 0.25) is 0 Å². The molecule has 0 amide bonds. The molecule has 0 spiro atoms. The number of rotatable bonds is 23. The second-order valence-electron chi connectivity index (χ2n) is 8.19. The van der Waals surface area contributed by atoms with Crippen molar-refractivity contribution in [3.63, 3.8) is 0 Å². The summed E-state index contributed by atoms with van der Waals surface area (Å²) in [6.45, 7) is 5.11. The Balaban J connectivity index is 2.95. The molecular weight excluding hydrogens is 318 g/mol. The zero-order chi connectivity index (χ0) is 19.0. The van der Waals surface area contributed by atoms with Gasteiger partial charge in [0.05, 0.1) is 0 Å². The van der Waals surface area contributed by atoms with Gasteiger partial charge in [-0.25, -0.2) is 0 Å². The molecule has 0 saturated carbocycles. The predicted octanol–water partition coefficient (Wildman–Crippen LogP) is 7.39. The van der Waals surface area contributed by atoms with Crippen LogP contribution in [-0.4, -0.2) is 24.8 Å². The molecule has 0 aromatic carbocycles. The summed E-state index contributed by atoms with van der Waals surface area (Å²) in [4.78, 5) is 0. The van der Waals surface area contributed by atoms with Crippen molar-refractivity contribution in [1.82, 2.24) is 5.32 Å². The molecule has 2 heteroatoms. The number of hydrogen-bond donors (Lipinski definition) is 2. The van der Waals surface area contributed by atoms with Gasteiger partial charge in [-0.1, -0.05) is 116 Å². The number of aliphatic hydroxyl groups excluding tert-OH is 1. The van der Waals surface area contributed by atoms with Crippen LogP contribution < -0.4 is 5.32 Å². The lowest BCUT2D eigenvalue weighted by molar-refractivity contribution is 0.282. The van der Waals surface area contributed by atoms with Crippen LogP contribution >= 0.6 is 0 Å². The van der Waals surface area contributed by atoms with Crippen LogP contribution in [0, 0.1) is 0 Å². The van der Waals surface area contributed by atoms with Crippen LogP contribution in [0.5, 0.6) is 0 Å². The van der Waals surface area contributed by atoms with E-state index >= 15 is 0 Å². The second-order valence-corrected chi connectivity index (χ2v) is 8.19. The Morgan fingerprint density at radius 3 is 1.08 bits per heavy atom. The molecule has 0 rings (SSSR count). The molecule has 0 fully saturated rings. The lowest BCUT2D eigenvalue weighted by atomic mass is 10.1. The first kappa shape index (κ1) is 25.9. The van der Waals surface area contributed by atoms with E-state index in [4.69, 9.17) is 5.11 Å². The highest BCUT2D eigenvalue weighted by Crippen LogP contribution is 2.11. The Labute approximate surface area is 165 Å². The van der Waals surface area contributed by atoms with Gasteiger partial charge in [0.15, 0.2) is 0 Å². The number of aliphatic hydroxyl groups is 1. The van der Waals surface area contributed by atoms with Crippen LogP contribution in [-0.2, 0) is 0 Å². The number of hydrogen-bond acceptors (Lipinski definition) is 2. The van der Waals surface area contributed by atoms with Crippen LogP contribution in [0.1, 0.15) is 135 Å². The number of nitrogens with one attached hydrogen (secondary N) is 1. The van der Waals surface area contributed by atoms with Crippen molar-refractivity contribution in [2.45, 2.75) is 135 Å². The molecule has 2 nitrogen and oxygen atoms in total. The van der Waals surface area contributed by atoms with Gasteiger partial charge in [0, 0.05) is 6.61 Å². The molecule has 0 unspecified atom stereocenters. The van der Waals surface area contributed by atoms with Crippen molar-refractivity contribution in [3.8, 4) is 0 Å². The van der Waals surface area contributed by atoms with Gasteiger partial charge < -0.3 is 10.4 Å². The van der Waals surface area contributed by atoms with Gasteiger partial charge in [0.2, 0.25) is 0 Å². The van der Waals surface area contributed by atoms with E-state index in [1.807, 2.05) is 0 Å². The number of unbranched alkanes of at least 4 members (excludes halogenated alkanes) is 18. The largest absolute Gasteiger partial charge is 0.396 e. The summed E-state index contributed by atoms with van der Waals surface area (Å²) in [6.07, 6.45) is 27.5. The van der Waals surface area contributed by atoms with E-state index in [0.717, 1.165) is 6.42 Å². The average molecular weight is 370 g/mol. The Kier molecular flexibility index (Phi) is 24.8. The SMILES string of the molecule is CCCCCCCCCCCCNCCCCCCCCCCCCO. The van der Waals surface area contributed by atoms with Gasteiger partial charge >= 0.3 is 0 Å². The van der Waals surface area contributed by atoms with Crippen molar-refractivity contribution in [2.24, 2.45) is 0 Å². The van der Waals surface area contributed by atoms with E-state index < -0.39 is 0 Å². The zero-order valence-corrected chi connectivity index (χ0v) is 18.2. The first-order valence-electron chi connectivity index (χ1n) is 12.2. The van der Waals surface area contributed by atoms with Gasteiger partial charge in [-0.15, -0.1) is 0 Å². The Bertz CT molecular complexity index is 208. The quantitative estimate of drug-likeness (QED) is 0.184. The molecule has 2 N–H and O–H groups in total. The van der Waals surface area contributed by atoms with Crippen molar-refractivity contribution >= 4 is 0 Å². The first-order valence-corrected chi connectivity index (χ1v) is 12.2. The zero-order valence-electron chi connectivity index (χ0n) is 18.2. The van der Waals surface area contributed by atoms with E-state index in [1.165, 1.54) is 135 Å². The lowest BCUT2D eigenvalue weighted by Gasteiger charge is -2.05. The van der Waals surface area contributed by atoms with Crippen molar-refractivity contribution < 1.29 is 5.11 Å². The van der Waals surface area contributed by atoms with Crippen molar-refractivity contribution in [2.75, 3.05) is 19.7 Å². The topological polar surface area (TPSA) is 32.3 Å². The Hall–Kier alpha value is -0.0800. The standard InChI is InChI=1S/C24H51NO/c1-2-3-4-5-6-7-10-13-16-19-22-25-23-20-17-14-11-8-9-12-15-18-21-24-26/h25-26H,2-24H2,1H3. The van der Waals surface area contributed by atoms with E-state index in [1.54, 1.807) is 0 Å². The summed E-state index contributed by atoms with van der Waals surface area (Å²) in [5.41, 5.74) is 0. The van der Waals surface area contributed by atoms with Gasteiger partial charge in [0.25, 0.3) is 0 Å². The molecule has 0 radical (unpaired) electrons. The highest BCUT2D eigenvalue weighted by molar-refractivity contribution is 4.53. The Morgan fingerprint density at radius 2 is 0.731 bits per heavy atom. The molecule has 0 aliphatic carbocycles. The van der Waals surface area contributed by atoms with Gasteiger partial charge in [-0.05, 0) is 32.4 Å². The molecule has 0 aliphatic rings. The fourth-order valence-electron chi connectivity index (χ4n) is 3.64. The fraction of sp³-hybridized carbons (Fsp3) is 1.00. The second kappa shape index (κ2) is 24.9. The molecule has 0 saturated heterocycles. The molecule has 0 aromatic rings. The van der Waals surface area contributed by atoms with E-state index in [0.29, 0.717) is 6.61 Å². The smallest absolute Gasteiger partial charge is 0.0431 e. The van der Waals surface area contributed by atoms with Crippen LogP contribution in [0.15, 0.2) is 0 Å². The normalized spacial score (nSPS) is 11.3. The predicted molar refractivity (Wildman–Crippen MR) is 118 cm³/mol. The minimum Gasteiger partial charge on any atom is -0.396 e. The summed E-state index contributed by atoms with van der Waals surface area (Å²) in [5.74, 6) is 0. The third-order valence-corrected chi connectivity index (χ3v) is 5.47. The average Bonchev–Trinajstić information content (AvgIpc) is 2.66. The van der Waals surface area contributed by atoms with Crippen LogP contribution in [0.4, 0.5) is 0 Å².